The van der Waals surface area contributed by atoms with Gasteiger partial charge in [0, 0.05) is 27.3 Å². The molecular formula is C12H19BrN2S. The van der Waals surface area contributed by atoms with Crippen LogP contribution in [0.2, 0.25) is 0 Å². The summed E-state index contributed by atoms with van der Waals surface area (Å²) in [4.78, 5) is 3.96. The Balaban J connectivity index is 1.88. The van der Waals surface area contributed by atoms with Crippen LogP contribution in [-0.2, 0) is 6.54 Å². The first-order chi connectivity index (χ1) is 7.75. The molecule has 2 rings (SSSR count). The molecule has 1 aliphatic heterocycles. The van der Waals surface area contributed by atoms with Crippen molar-refractivity contribution in [3.63, 3.8) is 0 Å². The van der Waals surface area contributed by atoms with Gasteiger partial charge in [0.15, 0.2) is 0 Å². The van der Waals surface area contributed by atoms with Gasteiger partial charge in [0.2, 0.25) is 0 Å². The summed E-state index contributed by atoms with van der Waals surface area (Å²) >= 11 is 5.36. The highest BCUT2D eigenvalue weighted by Crippen LogP contribution is 2.22. The summed E-state index contributed by atoms with van der Waals surface area (Å²) in [5.41, 5.74) is 0. The number of rotatable bonds is 3. The number of hydrogen-bond donors (Lipinski definition) is 1. The Morgan fingerprint density at radius 1 is 1.50 bits per heavy atom. The first kappa shape index (κ1) is 12.6. The Kier molecular flexibility index (Phi) is 4.82. The zero-order valence-corrected chi connectivity index (χ0v) is 12.1. The number of hydrogen-bond acceptors (Lipinski definition) is 3. The molecule has 0 aliphatic carbocycles. The predicted octanol–water partition coefficient (Wildman–Crippen LogP) is 3.08. The SMILES string of the molecule is CN(Cc1cc(Br)cs1)C1CCCNCC1. The molecule has 90 valence electrons. The zero-order valence-electron chi connectivity index (χ0n) is 9.71. The highest BCUT2D eigenvalue weighted by Gasteiger charge is 2.17. The van der Waals surface area contributed by atoms with Crippen molar-refractivity contribution in [1.82, 2.24) is 10.2 Å². The quantitative estimate of drug-likeness (QED) is 0.923. The molecule has 1 atom stereocenters. The number of thiophene rings is 1. The van der Waals surface area contributed by atoms with E-state index >= 15 is 0 Å². The lowest BCUT2D eigenvalue weighted by molar-refractivity contribution is 0.218. The third-order valence-corrected chi connectivity index (χ3v) is 4.88. The van der Waals surface area contributed by atoms with Crippen LogP contribution in [-0.4, -0.2) is 31.1 Å². The molecular weight excluding hydrogens is 284 g/mol. The first-order valence-electron chi connectivity index (χ1n) is 5.89. The molecule has 0 aromatic carbocycles. The zero-order chi connectivity index (χ0) is 11.4. The maximum atomic E-state index is 3.51. The minimum atomic E-state index is 0.746. The van der Waals surface area contributed by atoms with Gasteiger partial charge < -0.3 is 5.32 Å². The summed E-state index contributed by atoms with van der Waals surface area (Å²) < 4.78 is 1.21. The van der Waals surface area contributed by atoms with Crippen molar-refractivity contribution < 1.29 is 0 Å². The summed E-state index contributed by atoms with van der Waals surface area (Å²) in [5.74, 6) is 0. The number of halogens is 1. The highest BCUT2D eigenvalue weighted by atomic mass is 79.9. The van der Waals surface area contributed by atoms with Crippen LogP contribution < -0.4 is 5.32 Å². The van der Waals surface area contributed by atoms with Crippen LogP contribution in [0.1, 0.15) is 24.1 Å². The van der Waals surface area contributed by atoms with Gasteiger partial charge in [0.1, 0.15) is 0 Å². The second kappa shape index (κ2) is 6.15. The summed E-state index contributed by atoms with van der Waals surface area (Å²) in [6, 6.07) is 2.98. The minimum absolute atomic E-state index is 0.746. The fraction of sp³-hybridized carbons (Fsp3) is 0.667. The van der Waals surface area contributed by atoms with E-state index in [-0.39, 0.29) is 0 Å². The average Bonchev–Trinajstić information content (AvgIpc) is 2.56. The van der Waals surface area contributed by atoms with Crippen LogP contribution >= 0.6 is 27.3 Å². The van der Waals surface area contributed by atoms with Gasteiger partial charge >= 0.3 is 0 Å². The lowest BCUT2D eigenvalue weighted by Crippen LogP contribution is -2.31. The summed E-state index contributed by atoms with van der Waals surface area (Å²) in [6.45, 7) is 3.44. The molecule has 1 aliphatic rings. The Morgan fingerprint density at radius 3 is 3.12 bits per heavy atom. The van der Waals surface area contributed by atoms with Crippen molar-refractivity contribution in [3.8, 4) is 0 Å². The highest BCUT2D eigenvalue weighted by molar-refractivity contribution is 9.10. The standard InChI is InChI=1S/C12H19BrN2S/c1-15(8-12-7-10(13)9-16-12)11-3-2-5-14-6-4-11/h7,9,11,14H,2-6,8H2,1H3. The van der Waals surface area contributed by atoms with Crippen molar-refractivity contribution in [1.29, 1.82) is 0 Å². The molecule has 1 saturated heterocycles. The van der Waals surface area contributed by atoms with E-state index in [9.17, 15) is 0 Å². The first-order valence-corrected chi connectivity index (χ1v) is 7.57. The van der Waals surface area contributed by atoms with Crippen LogP contribution in [0.3, 0.4) is 0 Å². The van der Waals surface area contributed by atoms with E-state index in [4.69, 9.17) is 0 Å². The molecule has 0 spiro atoms. The van der Waals surface area contributed by atoms with Gasteiger partial charge in [-0.3, -0.25) is 4.90 Å². The predicted molar refractivity (Wildman–Crippen MR) is 74.0 cm³/mol. The molecule has 1 aromatic heterocycles. The van der Waals surface area contributed by atoms with Gasteiger partial charge in [-0.2, -0.15) is 0 Å². The van der Waals surface area contributed by atoms with Gasteiger partial charge in [-0.25, -0.2) is 0 Å². The summed E-state index contributed by atoms with van der Waals surface area (Å²) in [6.07, 6.45) is 3.92. The van der Waals surface area contributed by atoms with E-state index in [0.717, 1.165) is 12.6 Å². The van der Waals surface area contributed by atoms with Crippen molar-refractivity contribution in [2.24, 2.45) is 0 Å². The van der Waals surface area contributed by atoms with Crippen molar-refractivity contribution in [2.45, 2.75) is 31.8 Å². The van der Waals surface area contributed by atoms with E-state index in [0.29, 0.717) is 0 Å². The van der Waals surface area contributed by atoms with E-state index in [1.54, 1.807) is 0 Å². The smallest absolute Gasteiger partial charge is 0.0328 e. The fourth-order valence-corrected chi connectivity index (χ4v) is 3.77. The molecule has 4 heteroatoms. The van der Waals surface area contributed by atoms with E-state index in [1.807, 2.05) is 11.3 Å². The molecule has 0 saturated carbocycles. The molecule has 0 bridgehead atoms. The second-order valence-electron chi connectivity index (χ2n) is 4.48. The van der Waals surface area contributed by atoms with Crippen LogP contribution in [0, 0.1) is 0 Å². The third kappa shape index (κ3) is 3.55. The number of nitrogens with zero attached hydrogens (tertiary/aromatic N) is 1. The van der Waals surface area contributed by atoms with Crippen LogP contribution in [0.25, 0.3) is 0 Å². The van der Waals surface area contributed by atoms with Crippen LogP contribution in [0.4, 0.5) is 0 Å². The maximum Gasteiger partial charge on any atom is 0.0328 e. The Morgan fingerprint density at radius 2 is 2.38 bits per heavy atom. The minimum Gasteiger partial charge on any atom is -0.317 e. The molecule has 0 radical (unpaired) electrons. The van der Waals surface area contributed by atoms with Crippen LogP contribution in [0.5, 0.6) is 0 Å². The van der Waals surface area contributed by atoms with E-state index in [2.05, 4.69) is 44.6 Å². The number of nitrogens with one attached hydrogen (secondary N) is 1. The van der Waals surface area contributed by atoms with E-state index in [1.165, 1.54) is 41.7 Å². The van der Waals surface area contributed by atoms with Gasteiger partial charge in [-0.05, 0) is 61.4 Å². The van der Waals surface area contributed by atoms with Gasteiger partial charge in [-0.1, -0.05) is 0 Å². The topological polar surface area (TPSA) is 15.3 Å². The van der Waals surface area contributed by atoms with E-state index < -0.39 is 0 Å². The van der Waals surface area contributed by atoms with Crippen molar-refractivity contribution >= 4 is 27.3 Å². The lowest BCUT2D eigenvalue weighted by atomic mass is 10.1. The van der Waals surface area contributed by atoms with Crippen molar-refractivity contribution in [3.05, 3.63) is 20.8 Å². The molecule has 2 nitrogen and oxygen atoms in total. The lowest BCUT2D eigenvalue weighted by Gasteiger charge is -2.26. The van der Waals surface area contributed by atoms with Gasteiger partial charge in [0.05, 0.1) is 0 Å². The second-order valence-corrected chi connectivity index (χ2v) is 6.39. The molecule has 0 amide bonds. The maximum absolute atomic E-state index is 3.51. The monoisotopic (exact) mass is 302 g/mol. The molecule has 2 heterocycles. The molecule has 1 unspecified atom stereocenters. The third-order valence-electron chi connectivity index (χ3n) is 3.20. The van der Waals surface area contributed by atoms with Crippen molar-refractivity contribution in [2.75, 3.05) is 20.1 Å². The van der Waals surface area contributed by atoms with Crippen LogP contribution in [0.15, 0.2) is 15.9 Å². The largest absolute Gasteiger partial charge is 0.317 e. The Bertz CT molecular complexity index is 319. The summed E-state index contributed by atoms with van der Waals surface area (Å²) in [7, 11) is 2.25. The molecule has 1 N–H and O–H groups in total. The fourth-order valence-electron chi connectivity index (χ4n) is 2.25. The van der Waals surface area contributed by atoms with Gasteiger partial charge in [-0.15, -0.1) is 11.3 Å². The normalized spacial score (nSPS) is 22.3. The summed E-state index contributed by atoms with van der Waals surface area (Å²) in [5, 5.41) is 5.63. The molecule has 16 heavy (non-hydrogen) atoms. The Hall–Kier alpha value is 0.1000. The molecule has 1 fully saturated rings. The average molecular weight is 303 g/mol. The Labute approximate surface area is 110 Å². The molecule has 1 aromatic rings. The van der Waals surface area contributed by atoms with Gasteiger partial charge in [0.25, 0.3) is 0 Å².